The Balaban J connectivity index is 2.34. The highest BCUT2D eigenvalue weighted by Crippen LogP contribution is 2.37. The molecule has 0 saturated heterocycles. The Kier molecular flexibility index (Phi) is 2.28. The van der Waals surface area contributed by atoms with Crippen molar-refractivity contribution in [3.8, 4) is 0 Å². The van der Waals surface area contributed by atoms with E-state index >= 15 is 0 Å². The lowest BCUT2D eigenvalue weighted by Crippen LogP contribution is -2.24. The van der Waals surface area contributed by atoms with Crippen molar-refractivity contribution in [2.75, 3.05) is 0 Å². The van der Waals surface area contributed by atoms with Gasteiger partial charge in [0.15, 0.2) is 0 Å². The number of aryl methyl sites for hydroxylation is 1. The van der Waals surface area contributed by atoms with E-state index in [-0.39, 0.29) is 0 Å². The molecule has 0 amide bonds. The molecule has 0 aliphatic heterocycles. The molecule has 4 nitrogen and oxygen atoms in total. The second kappa shape index (κ2) is 3.33. The quantitative estimate of drug-likeness (QED) is 0.733. The fourth-order valence-corrected chi connectivity index (χ4v) is 2.88. The average Bonchev–Trinajstić information content (AvgIpc) is 2.48. The smallest absolute Gasteiger partial charge is 0.306 e. The second-order valence-electron chi connectivity index (χ2n) is 3.60. The predicted molar refractivity (Wildman–Crippen MR) is 51.3 cm³/mol. The SMILES string of the molecule is Cc1nsc2c1C(O)CC(C(=O)O)C2. The number of aliphatic hydroxyl groups is 1. The van der Waals surface area contributed by atoms with E-state index in [0.29, 0.717) is 12.8 Å². The molecule has 76 valence electrons. The number of carbonyl (C=O) groups is 1. The van der Waals surface area contributed by atoms with E-state index in [4.69, 9.17) is 5.11 Å². The van der Waals surface area contributed by atoms with Crippen LogP contribution in [0, 0.1) is 12.8 Å². The Morgan fingerprint density at radius 1 is 1.64 bits per heavy atom. The highest BCUT2D eigenvalue weighted by Gasteiger charge is 2.32. The van der Waals surface area contributed by atoms with E-state index in [9.17, 15) is 9.90 Å². The molecule has 5 heteroatoms. The number of hydrogen-bond donors (Lipinski definition) is 2. The van der Waals surface area contributed by atoms with Gasteiger partial charge >= 0.3 is 5.97 Å². The largest absolute Gasteiger partial charge is 0.481 e. The number of fused-ring (bicyclic) bond motifs is 1. The summed E-state index contributed by atoms with van der Waals surface area (Å²) in [5.41, 5.74) is 1.69. The molecule has 0 spiro atoms. The lowest BCUT2D eigenvalue weighted by atomic mass is 9.86. The fourth-order valence-electron chi connectivity index (χ4n) is 1.88. The minimum Gasteiger partial charge on any atom is -0.481 e. The molecule has 1 aromatic rings. The number of aliphatic hydroxyl groups excluding tert-OH is 1. The topological polar surface area (TPSA) is 70.4 Å². The van der Waals surface area contributed by atoms with Gasteiger partial charge in [-0.3, -0.25) is 4.79 Å². The third kappa shape index (κ3) is 1.42. The van der Waals surface area contributed by atoms with Gasteiger partial charge < -0.3 is 10.2 Å². The van der Waals surface area contributed by atoms with Crippen LogP contribution in [0.4, 0.5) is 0 Å². The van der Waals surface area contributed by atoms with Crippen molar-refractivity contribution in [2.24, 2.45) is 5.92 Å². The number of carboxylic acid groups (broad SMARTS) is 1. The van der Waals surface area contributed by atoms with Crippen LogP contribution in [0.5, 0.6) is 0 Å². The second-order valence-corrected chi connectivity index (χ2v) is 4.45. The highest BCUT2D eigenvalue weighted by atomic mass is 32.1. The van der Waals surface area contributed by atoms with E-state index in [2.05, 4.69) is 4.37 Å². The van der Waals surface area contributed by atoms with Gasteiger partial charge in [-0.15, -0.1) is 0 Å². The van der Waals surface area contributed by atoms with Crippen molar-refractivity contribution in [2.45, 2.75) is 25.9 Å². The molecule has 2 unspecified atom stereocenters. The van der Waals surface area contributed by atoms with Gasteiger partial charge in [-0.2, -0.15) is 4.37 Å². The molecule has 1 aliphatic rings. The van der Waals surface area contributed by atoms with Gasteiger partial charge in [-0.05, 0) is 31.3 Å². The molecule has 0 bridgehead atoms. The maximum atomic E-state index is 10.8. The molecule has 0 saturated carbocycles. The minimum atomic E-state index is -0.833. The molecule has 0 radical (unpaired) electrons. The van der Waals surface area contributed by atoms with Crippen molar-refractivity contribution in [1.82, 2.24) is 4.37 Å². The third-order valence-electron chi connectivity index (χ3n) is 2.61. The monoisotopic (exact) mass is 213 g/mol. The van der Waals surface area contributed by atoms with Crippen LogP contribution < -0.4 is 0 Å². The van der Waals surface area contributed by atoms with Crippen molar-refractivity contribution in [3.05, 3.63) is 16.1 Å². The molecule has 1 aromatic heterocycles. The van der Waals surface area contributed by atoms with E-state index < -0.39 is 18.0 Å². The number of hydrogen-bond acceptors (Lipinski definition) is 4. The number of aromatic nitrogens is 1. The van der Waals surface area contributed by atoms with Gasteiger partial charge in [-0.1, -0.05) is 0 Å². The van der Waals surface area contributed by atoms with Gasteiger partial charge in [0.2, 0.25) is 0 Å². The van der Waals surface area contributed by atoms with Crippen molar-refractivity contribution in [1.29, 1.82) is 0 Å². The van der Waals surface area contributed by atoms with Crippen LogP contribution in [-0.4, -0.2) is 20.6 Å². The Bertz CT molecular complexity index is 374. The average molecular weight is 213 g/mol. The summed E-state index contributed by atoms with van der Waals surface area (Å²) >= 11 is 1.30. The number of rotatable bonds is 1. The summed E-state index contributed by atoms with van der Waals surface area (Å²) < 4.78 is 4.13. The van der Waals surface area contributed by atoms with Gasteiger partial charge in [-0.25, -0.2) is 0 Å². The predicted octanol–water partition coefficient (Wildman–Crippen LogP) is 1.13. The standard InChI is InChI=1S/C9H11NO3S/c1-4-8-6(11)2-5(9(12)13)3-7(8)14-10-4/h5-6,11H,2-3H2,1H3,(H,12,13). The van der Waals surface area contributed by atoms with Crippen LogP contribution in [0.25, 0.3) is 0 Å². The molecule has 1 heterocycles. The summed E-state index contributed by atoms with van der Waals surface area (Å²) in [5, 5.41) is 18.6. The summed E-state index contributed by atoms with van der Waals surface area (Å²) in [6.07, 6.45) is 0.160. The molecule has 0 aromatic carbocycles. The summed E-state index contributed by atoms with van der Waals surface area (Å²) in [6, 6.07) is 0. The highest BCUT2D eigenvalue weighted by molar-refractivity contribution is 7.06. The van der Waals surface area contributed by atoms with Crippen molar-refractivity contribution >= 4 is 17.5 Å². The van der Waals surface area contributed by atoms with Gasteiger partial charge in [0.25, 0.3) is 0 Å². The van der Waals surface area contributed by atoms with E-state index in [1.807, 2.05) is 6.92 Å². The minimum absolute atomic E-state index is 0.307. The molecule has 2 N–H and O–H groups in total. The van der Waals surface area contributed by atoms with Gasteiger partial charge in [0, 0.05) is 10.4 Å². The molecule has 2 atom stereocenters. The van der Waals surface area contributed by atoms with Crippen LogP contribution >= 0.6 is 11.5 Å². The summed E-state index contributed by atoms with van der Waals surface area (Å²) in [4.78, 5) is 11.7. The Morgan fingerprint density at radius 3 is 3.00 bits per heavy atom. The maximum Gasteiger partial charge on any atom is 0.306 e. The zero-order chi connectivity index (χ0) is 10.3. The first-order valence-electron chi connectivity index (χ1n) is 4.45. The van der Waals surface area contributed by atoms with E-state index in [0.717, 1.165) is 16.1 Å². The first-order chi connectivity index (χ1) is 6.59. The van der Waals surface area contributed by atoms with Gasteiger partial charge in [0.05, 0.1) is 17.7 Å². The number of nitrogens with zero attached hydrogens (tertiary/aromatic N) is 1. The molecule has 2 rings (SSSR count). The molecule has 0 fully saturated rings. The third-order valence-corrected chi connectivity index (χ3v) is 3.58. The Morgan fingerprint density at radius 2 is 2.36 bits per heavy atom. The van der Waals surface area contributed by atoms with Crippen LogP contribution in [0.1, 0.15) is 28.7 Å². The number of carboxylic acids is 1. The zero-order valence-corrected chi connectivity index (χ0v) is 8.54. The fraction of sp³-hybridized carbons (Fsp3) is 0.556. The molecular formula is C9H11NO3S. The molecule has 14 heavy (non-hydrogen) atoms. The van der Waals surface area contributed by atoms with E-state index in [1.54, 1.807) is 0 Å². The molecular weight excluding hydrogens is 202 g/mol. The van der Waals surface area contributed by atoms with Gasteiger partial charge in [0.1, 0.15) is 0 Å². The first kappa shape index (κ1) is 9.61. The van der Waals surface area contributed by atoms with Crippen LogP contribution in [0.3, 0.4) is 0 Å². The number of aliphatic carboxylic acids is 1. The Labute approximate surface area is 85.4 Å². The van der Waals surface area contributed by atoms with Crippen LogP contribution in [0.2, 0.25) is 0 Å². The van der Waals surface area contributed by atoms with Crippen LogP contribution in [0.15, 0.2) is 0 Å². The summed E-state index contributed by atoms with van der Waals surface area (Å²) in [7, 11) is 0. The Hall–Kier alpha value is -0.940. The summed E-state index contributed by atoms with van der Waals surface area (Å²) in [6.45, 7) is 1.85. The first-order valence-corrected chi connectivity index (χ1v) is 5.23. The normalized spacial score (nSPS) is 25.9. The van der Waals surface area contributed by atoms with Crippen LogP contribution in [-0.2, 0) is 11.2 Å². The summed E-state index contributed by atoms with van der Waals surface area (Å²) in [5.74, 6) is -1.29. The lowest BCUT2D eigenvalue weighted by Gasteiger charge is -2.23. The van der Waals surface area contributed by atoms with E-state index in [1.165, 1.54) is 11.5 Å². The molecule has 1 aliphatic carbocycles. The lowest BCUT2D eigenvalue weighted by molar-refractivity contribution is -0.143. The maximum absolute atomic E-state index is 10.8. The van der Waals surface area contributed by atoms with Crippen molar-refractivity contribution < 1.29 is 15.0 Å². The van der Waals surface area contributed by atoms with Crippen molar-refractivity contribution in [3.63, 3.8) is 0 Å². The zero-order valence-electron chi connectivity index (χ0n) is 7.73.